The summed E-state index contributed by atoms with van der Waals surface area (Å²) in [6.07, 6.45) is 1.58. The van der Waals surface area contributed by atoms with Crippen LogP contribution in [0.15, 0.2) is 44.2 Å². The second-order valence-corrected chi connectivity index (χ2v) is 11.7. The number of nitrogens with zero attached hydrogens (tertiary/aromatic N) is 1. The van der Waals surface area contributed by atoms with Crippen molar-refractivity contribution >= 4 is 90.0 Å². The van der Waals surface area contributed by atoms with Gasteiger partial charge in [-0.25, -0.2) is 0 Å². The summed E-state index contributed by atoms with van der Waals surface area (Å²) in [4.78, 5) is 38.2. The van der Waals surface area contributed by atoms with Gasteiger partial charge in [-0.1, -0.05) is 29.3 Å². The van der Waals surface area contributed by atoms with Gasteiger partial charge < -0.3 is 9.47 Å². The number of amides is 2. The van der Waals surface area contributed by atoms with Crippen LogP contribution >= 0.6 is 66.8 Å². The number of ether oxygens (including phenoxy) is 2. The molecule has 0 unspecified atom stereocenters. The van der Waals surface area contributed by atoms with Crippen molar-refractivity contribution in [3.8, 4) is 5.75 Å². The van der Waals surface area contributed by atoms with E-state index in [1.807, 2.05) is 0 Å². The average molecular weight is 652 g/mol. The summed E-state index contributed by atoms with van der Waals surface area (Å²) in [5.41, 5.74) is 0.710. The molecule has 0 radical (unpaired) electrons. The van der Waals surface area contributed by atoms with Crippen molar-refractivity contribution < 1.29 is 23.9 Å². The Labute approximate surface area is 228 Å². The van der Waals surface area contributed by atoms with Crippen LogP contribution in [-0.2, 0) is 20.9 Å². The molecule has 0 aliphatic carbocycles. The monoisotopic (exact) mass is 649 g/mol. The zero-order valence-electron chi connectivity index (χ0n) is 18.3. The number of hydrogen-bond acceptors (Lipinski definition) is 6. The number of carbonyl (C=O) groups excluding carboxylic acids is 3. The fourth-order valence-corrected chi connectivity index (χ4v) is 5.63. The molecule has 1 heterocycles. The summed E-state index contributed by atoms with van der Waals surface area (Å²) in [5.74, 6) is -0.657. The fraction of sp³-hybridized carbons (Fsp3) is 0.261. The third kappa shape index (κ3) is 7.01. The van der Waals surface area contributed by atoms with Crippen molar-refractivity contribution in [2.24, 2.45) is 0 Å². The zero-order valence-corrected chi connectivity index (χ0v) is 23.8. The third-order valence-electron chi connectivity index (χ3n) is 4.29. The molecule has 2 aromatic carbocycles. The molecule has 2 amide bonds. The lowest BCUT2D eigenvalue weighted by atomic mass is 10.2. The van der Waals surface area contributed by atoms with Crippen molar-refractivity contribution in [2.45, 2.75) is 33.0 Å². The van der Waals surface area contributed by atoms with Crippen molar-refractivity contribution in [2.75, 3.05) is 6.54 Å². The van der Waals surface area contributed by atoms with Crippen LogP contribution in [0.25, 0.3) is 6.08 Å². The van der Waals surface area contributed by atoms with Gasteiger partial charge in [-0.15, -0.1) is 0 Å². The Morgan fingerprint density at radius 3 is 2.35 bits per heavy atom. The third-order valence-corrected chi connectivity index (χ3v) is 6.96. The summed E-state index contributed by atoms with van der Waals surface area (Å²) in [5, 5.41) is 0.509. The number of hydrogen-bond donors (Lipinski definition) is 0. The Morgan fingerprint density at radius 2 is 1.76 bits per heavy atom. The van der Waals surface area contributed by atoms with E-state index in [0.29, 0.717) is 30.3 Å². The van der Waals surface area contributed by atoms with Crippen LogP contribution in [0.3, 0.4) is 0 Å². The van der Waals surface area contributed by atoms with Crippen LogP contribution in [-0.4, -0.2) is 34.2 Å². The lowest BCUT2D eigenvalue weighted by molar-refractivity contribution is -0.156. The number of rotatable bonds is 6. The number of halogens is 4. The quantitative estimate of drug-likeness (QED) is 0.238. The summed E-state index contributed by atoms with van der Waals surface area (Å²) < 4.78 is 12.4. The molecular weight excluding hydrogens is 633 g/mol. The predicted octanol–water partition coefficient (Wildman–Crippen LogP) is 7.48. The summed E-state index contributed by atoms with van der Waals surface area (Å²) >= 11 is 19.9. The van der Waals surface area contributed by atoms with Crippen LogP contribution in [0.2, 0.25) is 10.0 Å². The van der Waals surface area contributed by atoms with E-state index in [2.05, 4.69) is 31.9 Å². The normalized spacial score (nSPS) is 15.3. The van der Waals surface area contributed by atoms with Gasteiger partial charge in [0.2, 0.25) is 0 Å². The fourth-order valence-electron chi connectivity index (χ4n) is 2.88. The molecule has 1 saturated heterocycles. The highest BCUT2D eigenvalue weighted by Gasteiger charge is 2.37. The van der Waals surface area contributed by atoms with E-state index < -0.39 is 29.3 Å². The van der Waals surface area contributed by atoms with Crippen molar-refractivity contribution in [3.05, 3.63) is 65.4 Å². The van der Waals surface area contributed by atoms with E-state index in [0.717, 1.165) is 22.2 Å². The number of carbonyl (C=O) groups is 3. The minimum absolute atomic E-state index is 0.203. The SMILES string of the molecule is CC(C)(C)OC(=O)CN1C(=O)SC(=Cc2cc(Br)c(OCc3ccc(Cl)cc3Cl)c(Br)c2)C1=O. The maximum atomic E-state index is 12.7. The summed E-state index contributed by atoms with van der Waals surface area (Å²) in [6, 6.07) is 8.67. The Balaban J connectivity index is 1.74. The number of benzene rings is 2. The molecule has 180 valence electrons. The van der Waals surface area contributed by atoms with Gasteiger partial charge in [0.25, 0.3) is 11.1 Å². The lowest BCUT2D eigenvalue weighted by Gasteiger charge is -2.21. The van der Waals surface area contributed by atoms with Crippen molar-refractivity contribution in [3.63, 3.8) is 0 Å². The molecule has 0 N–H and O–H groups in total. The highest BCUT2D eigenvalue weighted by molar-refractivity contribution is 9.11. The molecular formula is C23H19Br2Cl2NO5S. The van der Waals surface area contributed by atoms with Crippen molar-refractivity contribution in [1.29, 1.82) is 0 Å². The topological polar surface area (TPSA) is 72.9 Å². The van der Waals surface area contributed by atoms with Gasteiger partial charge in [0.1, 0.15) is 24.5 Å². The number of imide groups is 1. The van der Waals surface area contributed by atoms with E-state index in [4.69, 9.17) is 32.7 Å². The first-order valence-electron chi connectivity index (χ1n) is 9.87. The molecule has 1 fully saturated rings. The maximum absolute atomic E-state index is 12.7. The Kier molecular flexibility index (Phi) is 8.79. The molecule has 6 nitrogen and oxygen atoms in total. The molecule has 0 saturated carbocycles. The first-order chi connectivity index (χ1) is 15.8. The van der Waals surface area contributed by atoms with E-state index in [9.17, 15) is 14.4 Å². The molecule has 2 aromatic rings. The van der Waals surface area contributed by atoms with Crippen LogP contribution in [0.5, 0.6) is 5.75 Å². The Bertz CT molecular complexity index is 1170. The summed E-state index contributed by atoms with van der Waals surface area (Å²) in [6.45, 7) is 4.92. The van der Waals surface area contributed by atoms with E-state index in [-0.39, 0.29) is 11.5 Å². The summed E-state index contributed by atoms with van der Waals surface area (Å²) in [7, 11) is 0. The molecule has 11 heteroatoms. The van der Waals surface area contributed by atoms with Gasteiger partial charge in [-0.05, 0) is 100 Å². The molecule has 3 rings (SSSR count). The molecule has 1 aliphatic heterocycles. The number of thioether (sulfide) groups is 1. The molecule has 1 aliphatic rings. The minimum Gasteiger partial charge on any atom is -0.486 e. The van der Waals surface area contributed by atoms with Gasteiger partial charge in [-0.2, -0.15) is 0 Å². The highest BCUT2D eigenvalue weighted by atomic mass is 79.9. The zero-order chi connectivity index (χ0) is 25.2. The van der Waals surface area contributed by atoms with E-state index in [1.165, 1.54) is 0 Å². The smallest absolute Gasteiger partial charge is 0.326 e. The molecule has 0 aromatic heterocycles. The van der Waals surface area contributed by atoms with Gasteiger partial charge in [-0.3, -0.25) is 19.3 Å². The first-order valence-corrected chi connectivity index (χ1v) is 13.0. The largest absolute Gasteiger partial charge is 0.486 e. The van der Waals surface area contributed by atoms with E-state index >= 15 is 0 Å². The molecule has 0 bridgehead atoms. The minimum atomic E-state index is -0.712. The Hall–Kier alpha value is -1.52. The van der Waals surface area contributed by atoms with Gasteiger partial charge in [0.15, 0.2) is 0 Å². The number of esters is 1. The predicted molar refractivity (Wildman–Crippen MR) is 141 cm³/mol. The van der Waals surface area contributed by atoms with Crippen LogP contribution < -0.4 is 4.74 Å². The molecule has 0 spiro atoms. The first kappa shape index (κ1) is 27.1. The standard InChI is InChI=1S/C23H19Br2Cl2NO5S/c1-23(2,3)33-19(29)10-28-21(30)18(34-22(28)31)8-12-6-15(24)20(16(25)7-12)32-11-13-4-5-14(26)9-17(13)27/h4-9H,10-11H2,1-3H3. The maximum Gasteiger partial charge on any atom is 0.326 e. The van der Waals surface area contributed by atoms with Gasteiger partial charge in [0, 0.05) is 15.6 Å². The van der Waals surface area contributed by atoms with Gasteiger partial charge in [0.05, 0.1) is 13.9 Å². The Morgan fingerprint density at radius 1 is 1.12 bits per heavy atom. The highest BCUT2D eigenvalue weighted by Crippen LogP contribution is 2.38. The van der Waals surface area contributed by atoms with Crippen LogP contribution in [0.4, 0.5) is 4.79 Å². The van der Waals surface area contributed by atoms with Crippen molar-refractivity contribution in [1.82, 2.24) is 4.90 Å². The van der Waals surface area contributed by atoms with Gasteiger partial charge >= 0.3 is 5.97 Å². The second-order valence-electron chi connectivity index (χ2n) is 8.19. The average Bonchev–Trinajstić information content (AvgIpc) is 2.94. The van der Waals surface area contributed by atoms with E-state index in [1.54, 1.807) is 57.2 Å². The second kappa shape index (κ2) is 11.0. The van der Waals surface area contributed by atoms with Crippen LogP contribution in [0.1, 0.15) is 31.9 Å². The van der Waals surface area contributed by atoms with Crippen LogP contribution in [0, 0.1) is 0 Å². The molecule has 0 atom stereocenters. The lowest BCUT2D eigenvalue weighted by Crippen LogP contribution is -2.37. The molecule has 34 heavy (non-hydrogen) atoms.